The van der Waals surface area contributed by atoms with Gasteiger partial charge in [-0.2, -0.15) is 0 Å². The van der Waals surface area contributed by atoms with Gasteiger partial charge in [0.25, 0.3) is 0 Å². The van der Waals surface area contributed by atoms with Crippen molar-refractivity contribution in [2.75, 3.05) is 0 Å². The van der Waals surface area contributed by atoms with E-state index in [1.54, 1.807) is 0 Å². The van der Waals surface area contributed by atoms with E-state index in [0.29, 0.717) is 11.8 Å². The molecule has 0 fully saturated rings. The fourth-order valence-electron chi connectivity index (χ4n) is 6.50. The SMILES string of the molecule is CC(C)c1cc(-c2ccc([Si](C)(C)C)cc2)cc(C(C)C)c1-n1c(-c2cccc3c2oc2ccccc23)nc2ccccc21. The molecule has 0 N–H and O–H groups in total. The Labute approximate surface area is 261 Å². The van der Waals surface area contributed by atoms with Crippen LogP contribution in [0.25, 0.3) is 61.2 Å². The molecule has 4 heteroatoms. The molecule has 3 nitrogen and oxygen atoms in total. The van der Waals surface area contributed by atoms with Crippen LogP contribution in [0.15, 0.2) is 108 Å². The van der Waals surface area contributed by atoms with Crippen molar-refractivity contribution in [3.63, 3.8) is 0 Å². The van der Waals surface area contributed by atoms with Crippen LogP contribution in [0.2, 0.25) is 19.6 Å². The summed E-state index contributed by atoms with van der Waals surface area (Å²) in [6, 6.07) is 37.4. The average Bonchev–Trinajstić information content (AvgIpc) is 3.58. The Bertz CT molecular complexity index is 2130. The summed E-state index contributed by atoms with van der Waals surface area (Å²) in [6.45, 7) is 16.4. The van der Waals surface area contributed by atoms with Gasteiger partial charge in [-0.25, -0.2) is 4.98 Å². The van der Waals surface area contributed by atoms with Gasteiger partial charge in [-0.3, -0.25) is 4.57 Å². The van der Waals surface area contributed by atoms with Crippen molar-refractivity contribution in [2.45, 2.75) is 59.2 Å². The van der Waals surface area contributed by atoms with Crippen molar-refractivity contribution in [1.82, 2.24) is 9.55 Å². The van der Waals surface area contributed by atoms with Crippen LogP contribution in [0.5, 0.6) is 0 Å². The number of rotatable bonds is 6. The third-order valence-corrected chi connectivity index (χ3v) is 11.0. The average molecular weight is 593 g/mol. The maximum Gasteiger partial charge on any atom is 0.149 e. The van der Waals surface area contributed by atoms with Crippen LogP contribution in [0.3, 0.4) is 0 Å². The van der Waals surface area contributed by atoms with Crippen LogP contribution in [-0.2, 0) is 0 Å². The number of para-hydroxylation sites is 4. The van der Waals surface area contributed by atoms with E-state index in [-0.39, 0.29) is 0 Å². The summed E-state index contributed by atoms with van der Waals surface area (Å²) in [5.74, 6) is 1.52. The molecular weight excluding hydrogens is 553 g/mol. The Morgan fingerprint density at radius 1 is 0.659 bits per heavy atom. The molecule has 0 bridgehead atoms. The minimum absolute atomic E-state index is 0.305. The van der Waals surface area contributed by atoms with E-state index in [4.69, 9.17) is 9.40 Å². The number of benzene rings is 5. The number of aromatic nitrogens is 2. The first-order valence-corrected chi connectivity index (χ1v) is 19.3. The third-order valence-electron chi connectivity index (χ3n) is 8.93. The van der Waals surface area contributed by atoms with Crippen LogP contribution >= 0.6 is 0 Å². The van der Waals surface area contributed by atoms with Gasteiger partial charge < -0.3 is 4.42 Å². The van der Waals surface area contributed by atoms with Gasteiger partial charge in [0.2, 0.25) is 0 Å². The number of imidazole rings is 1. The highest BCUT2D eigenvalue weighted by Crippen LogP contribution is 2.42. The van der Waals surface area contributed by atoms with Gasteiger partial charge >= 0.3 is 0 Å². The van der Waals surface area contributed by atoms with Gasteiger partial charge in [-0.05, 0) is 70.5 Å². The van der Waals surface area contributed by atoms with E-state index in [1.807, 2.05) is 12.1 Å². The van der Waals surface area contributed by atoms with E-state index >= 15 is 0 Å². The van der Waals surface area contributed by atoms with E-state index in [2.05, 4.69) is 143 Å². The molecule has 0 saturated heterocycles. The van der Waals surface area contributed by atoms with E-state index in [9.17, 15) is 0 Å². The molecule has 7 aromatic rings. The van der Waals surface area contributed by atoms with Gasteiger partial charge in [0, 0.05) is 10.8 Å². The highest BCUT2D eigenvalue weighted by molar-refractivity contribution is 6.88. The van der Waals surface area contributed by atoms with Crippen LogP contribution in [-0.4, -0.2) is 17.6 Å². The van der Waals surface area contributed by atoms with Crippen molar-refractivity contribution in [1.29, 1.82) is 0 Å². The summed E-state index contributed by atoms with van der Waals surface area (Å²) in [4.78, 5) is 5.30. The first kappa shape index (κ1) is 28.4. The quantitative estimate of drug-likeness (QED) is 0.180. The van der Waals surface area contributed by atoms with Crippen LogP contribution in [0.4, 0.5) is 0 Å². The summed E-state index contributed by atoms with van der Waals surface area (Å²) in [5.41, 5.74) is 11.3. The van der Waals surface area contributed by atoms with Crippen molar-refractivity contribution in [3.05, 3.63) is 114 Å². The summed E-state index contributed by atoms with van der Waals surface area (Å²) >= 11 is 0. The van der Waals surface area contributed by atoms with Gasteiger partial charge in [0.05, 0.1) is 30.4 Å². The molecule has 0 aliphatic rings. The van der Waals surface area contributed by atoms with Crippen LogP contribution < -0.4 is 5.19 Å². The normalized spacial score (nSPS) is 12.4. The zero-order valence-electron chi connectivity index (χ0n) is 26.8. The van der Waals surface area contributed by atoms with Crippen molar-refractivity contribution in [3.8, 4) is 28.2 Å². The van der Waals surface area contributed by atoms with Crippen molar-refractivity contribution >= 4 is 46.2 Å². The molecule has 0 saturated carbocycles. The molecule has 0 atom stereocenters. The highest BCUT2D eigenvalue weighted by atomic mass is 28.3. The zero-order valence-corrected chi connectivity index (χ0v) is 27.8. The Morgan fingerprint density at radius 3 is 1.98 bits per heavy atom. The number of furan rings is 1. The fraction of sp³-hybridized carbons (Fsp3) is 0.225. The number of hydrogen-bond donors (Lipinski definition) is 0. The van der Waals surface area contributed by atoms with E-state index in [0.717, 1.165) is 44.4 Å². The fourth-order valence-corrected chi connectivity index (χ4v) is 7.67. The lowest BCUT2D eigenvalue weighted by Crippen LogP contribution is -2.37. The Morgan fingerprint density at radius 2 is 1.30 bits per heavy atom. The molecule has 0 unspecified atom stereocenters. The first-order valence-electron chi connectivity index (χ1n) is 15.8. The molecule has 0 amide bonds. The van der Waals surface area contributed by atoms with E-state index in [1.165, 1.54) is 33.1 Å². The highest BCUT2D eigenvalue weighted by Gasteiger charge is 2.25. The second-order valence-corrected chi connectivity index (χ2v) is 18.8. The van der Waals surface area contributed by atoms with Crippen LogP contribution in [0.1, 0.15) is 50.7 Å². The monoisotopic (exact) mass is 592 g/mol. The maximum atomic E-state index is 6.54. The van der Waals surface area contributed by atoms with Gasteiger partial charge in [-0.1, -0.05) is 119 Å². The molecule has 44 heavy (non-hydrogen) atoms. The summed E-state index contributed by atoms with van der Waals surface area (Å²) in [6.07, 6.45) is 0. The topological polar surface area (TPSA) is 31.0 Å². The molecule has 0 aliphatic heterocycles. The Hall–Kier alpha value is -4.41. The van der Waals surface area contributed by atoms with E-state index < -0.39 is 8.07 Å². The number of fused-ring (bicyclic) bond motifs is 4. The molecule has 0 spiro atoms. The molecule has 2 heterocycles. The molecular formula is C40H40N2OSi. The zero-order chi connectivity index (χ0) is 30.7. The largest absolute Gasteiger partial charge is 0.455 e. The molecule has 2 aromatic heterocycles. The molecule has 0 radical (unpaired) electrons. The predicted molar refractivity (Wildman–Crippen MR) is 190 cm³/mol. The summed E-state index contributed by atoms with van der Waals surface area (Å²) in [5, 5.41) is 3.73. The lowest BCUT2D eigenvalue weighted by Gasteiger charge is -2.24. The minimum Gasteiger partial charge on any atom is -0.455 e. The maximum absolute atomic E-state index is 6.54. The first-order chi connectivity index (χ1) is 21.1. The van der Waals surface area contributed by atoms with Crippen molar-refractivity contribution in [2.24, 2.45) is 0 Å². The molecule has 220 valence electrons. The molecule has 7 rings (SSSR count). The molecule has 0 aliphatic carbocycles. The lowest BCUT2D eigenvalue weighted by atomic mass is 9.88. The second kappa shape index (κ2) is 10.6. The van der Waals surface area contributed by atoms with Crippen molar-refractivity contribution < 1.29 is 4.42 Å². The summed E-state index contributed by atoms with van der Waals surface area (Å²) in [7, 11) is -1.37. The lowest BCUT2D eigenvalue weighted by molar-refractivity contribution is 0.669. The van der Waals surface area contributed by atoms with Gasteiger partial charge in [-0.15, -0.1) is 0 Å². The summed E-state index contributed by atoms with van der Waals surface area (Å²) < 4.78 is 8.94. The molecule has 5 aromatic carbocycles. The Balaban J connectivity index is 1.53. The number of hydrogen-bond acceptors (Lipinski definition) is 2. The predicted octanol–water partition coefficient (Wildman–Crippen LogP) is 11.1. The Kier molecular flexibility index (Phi) is 6.86. The number of nitrogens with zero attached hydrogens (tertiary/aromatic N) is 2. The van der Waals surface area contributed by atoms with Gasteiger partial charge in [0.15, 0.2) is 0 Å². The smallest absolute Gasteiger partial charge is 0.149 e. The minimum atomic E-state index is -1.37. The standard InChI is InChI=1S/C40H40N2OSi/c1-25(2)33-23-28(27-19-21-29(22-20-27)44(5,6)7)24-34(26(3)4)38(33)42-36-17-10-9-16-35(36)41-40(42)32-15-12-14-31-30-13-8-11-18-37(30)43-39(31)32/h8-26H,1-7H3. The second-order valence-electron chi connectivity index (χ2n) is 13.7. The van der Waals surface area contributed by atoms with Crippen LogP contribution in [0, 0.1) is 0 Å². The third kappa shape index (κ3) is 4.69. The van der Waals surface area contributed by atoms with Gasteiger partial charge in [0.1, 0.15) is 17.0 Å².